The highest BCUT2D eigenvalue weighted by atomic mass is 19.4. The highest BCUT2D eigenvalue weighted by molar-refractivity contribution is 5.85. The standard InChI is InChI=1S/C25H23F4N7O/c26-18-5-3-17(4-6-18)20-14-30-22-21(33-20)23(32-15-25(27,28)29)35-24(34-22)31-13-16-1-7-19(8-2-16)36-9-11-37-12-10-36/h1-8,14H,9-13,15H2,(H2,30,31,32,34,35). The van der Waals surface area contributed by atoms with E-state index in [4.69, 9.17) is 4.74 Å². The SMILES string of the molecule is Fc1ccc(-c2cnc3nc(NCc4ccc(N5CCOCC5)cc4)nc(NCC(F)(F)F)c3n2)cc1. The summed E-state index contributed by atoms with van der Waals surface area (Å²) >= 11 is 0. The van der Waals surface area contributed by atoms with E-state index in [0.29, 0.717) is 31.0 Å². The summed E-state index contributed by atoms with van der Waals surface area (Å²) in [6.07, 6.45) is -3.03. The predicted molar refractivity (Wildman–Crippen MR) is 132 cm³/mol. The lowest BCUT2D eigenvalue weighted by Gasteiger charge is -2.28. The number of alkyl halides is 3. The minimum absolute atomic E-state index is 0.0755. The molecule has 0 unspecified atom stereocenters. The van der Waals surface area contributed by atoms with Crippen LogP contribution in [-0.2, 0) is 11.3 Å². The Morgan fingerprint density at radius 2 is 1.62 bits per heavy atom. The summed E-state index contributed by atoms with van der Waals surface area (Å²) in [4.78, 5) is 19.5. The second-order valence-corrected chi connectivity index (χ2v) is 8.42. The number of nitrogens with one attached hydrogen (secondary N) is 2. The lowest BCUT2D eigenvalue weighted by molar-refractivity contribution is -0.115. The van der Waals surface area contributed by atoms with Crippen LogP contribution in [0.3, 0.4) is 0 Å². The third-order valence-corrected chi connectivity index (χ3v) is 5.77. The number of nitrogens with zero attached hydrogens (tertiary/aromatic N) is 5. The summed E-state index contributed by atoms with van der Waals surface area (Å²) in [7, 11) is 0. The monoisotopic (exact) mass is 513 g/mol. The van der Waals surface area contributed by atoms with Crippen LogP contribution in [0.2, 0.25) is 0 Å². The number of fused-ring (bicyclic) bond motifs is 1. The number of anilines is 3. The zero-order valence-corrected chi connectivity index (χ0v) is 19.6. The minimum atomic E-state index is -4.46. The molecule has 0 amide bonds. The van der Waals surface area contributed by atoms with Gasteiger partial charge in [-0.05, 0) is 42.0 Å². The van der Waals surface area contributed by atoms with Gasteiger partial charge in [-0.3, -0.25) is 0 Å². The second-order valence-electron chi connectivity index (χ2n) is 8.42. The highest BCUT2D eigenvalue weighted by Crippen LogP contribution is 2.25. The molecular weight excluding hydrogens is 490 g/mol. The molecule has 0 radical (unpaired) electrons. The van der Waals surface area contributed by atoms with Gasteiger partial charge in [0.1, 0.15) is 12.4 Å². The fourth-order valence-corrected chi connectivity index (χ4v) is 3.88. The zero-order valence-electron chi connectivity index (χ0n) is 19.6. The predicted octanol–water partition coefficient (Wildman–Crippen LogP) is 4.65. The number of benzene rings is 2. The van der Waals surface area contributed by atoms with Gasteiger partial charge in [0.2, 0.25) is 5.95 Å². The summed E-state index contributed by atoms with van der Waals surface area (Å²) in [5, 5.41) is 5.36. The van der Waals surface area contributed by atoms with E-state index in [9.17, 15) is 17.6 Å². The van der Waals surface area contributed by atoms with Gasteiger partial charge in [0, 0.05) is 30.9 Å². The molecule has 8 nitrogen and oxygen atoms in total. The van der Waals surface area contributed by atoms with Crippen molar-refractivity contribution < 1.29 is 22.3 Å². The van der Waals surface area contributed by atoms with Gasteiger partial charge in [-0.2, -0.15) is 23.1 Å². The summed E-state index contributed by atoms with van der Waals surface area (Å²) in [6.45, 7) is 2.11. The van der Waals surface area contributed by atoms with Gasteiger partial charge in [-0.15, -0.1) is 0 Å². The van der Waals surface area contributed by atoms with Crippen LogP contribution in [0, 0.1) is 5.82 Å². The molecule has 0 atom stereocenters. The normalized spacial score (nSPS) is 14.1. The molecule has 0 saturated carbocycles. The van der Waals surface area contributed by atoms with Crippen LogP contribution in [0.15, 0.2) is 54.7 Å². The minimum Gasteiger partial charge on any atom is -0.378 e. The molecule has 2 N–H and O–H groups in total. The average molecular weight is 513 g/mol. The number of aromatic nitrogens is 4. The molecule has 12 heteroatoms. The maximum absolute atomic E-state index is 13.3. The third-order valence-electron chi connectivity index (χ3n) is 5.77. The van der Waals surface area contributed by atoms with E-state index in [0.717, 1.165) is 24.3 Å². The number of rotatable bonds is 7. The van der Waals surface area contributed by atoms with Crippen LogP contribution < -0.4 is 15.5 Å². The number of halogens is 4. The first kappa shape index (κ1) is 24.6. The van der Waals surface area contributed by atoms with E-state index in [1.807, 2.05) is 24.3 Å². The van der Waals surface area contributed by atoms with Crippen molar-refractivity contribution in [3.63, 3.8) is 0 Å². The van der Waals surface area contributed by atoms with E-state index < -0.39 is 18.5 Å². The first-order valence-corrected chi connectivity index (χ1v) is 11.6. The molecule has 1 aliphatic heterocycles. The fourth-order valence-electron chi connectivity index (χ4n) is 3.88. The van der Waals surface area contributed by atoms with Gasteiger partial charge in [0.15, 0.2) is 17.0 Å². The summed E-state index contributed by atoms with van der Waals surface area (Å²) in [5.74, 6) is -0.415. The Labute approximate surface area is 209 Å². The molecule has 1 fully saturated rings. The quantitative estimate of drug-likeness (QED) is 0.346. The van der Waals surface area contributed by atoms with Gasteiger partial charge in [-0.1, -0.05) is 12.1 Å². The van der Waals surface area contributed by atoms with Crippen LogP contribution in [0.5, 0.6) is 0 Å². The maximum Gasteiger partial charge on any atom is 0.405 e. The number of morpholine rings is 1. The first-order chi connectivity index (χ1) is 17.8. The Morgan fingerprint density at radius 1 is 0.892 bits per heavy atom. The van der Waals surface area contributed by atoms with Crippen LogP contribution in [0.25, 0.3) is 22.4 Å². The van der Waals surface area contributed by atoms with Crippen molar-refractivity contribution in [2.45, 2.75) is 12.7 Å². The summed E-state index contributed by atoms with van der Waals surface area (Å²) in [5.41, 5.74) is 3.15. The molecule has 2 aromatic heterocycles. The highest BCUT2D eigenvalue weighted by Gasteiger charge is 2.27. The topological polar surface area (TPSA) is 88.1 Å². The summed E-state index contributed by atoms with van der Waals surface area (Å²) < 4.78 is 57.5. The Balaban J connectivity index is 1.38. The van der Waals surface area contributed by atoms with Gasteiger partial charge in [-0.25, -0.2) is 14.4 Å². The molecule has 2 aromatic carbocycles. The molecule has 0 bridgehead atoms. The van der Waals surface area contributed by atoms with E-state index in [-0.39, 0.29) is 22.9 Å². The van der Waals surface area contributed by atoms with Crippen molar-refractivity contribution in [1.29, 1.82) is 0 Å². The molecule has 5 rings (SSSR count). The van der Waals surface area contributed by atoms with E-state index >= 15 is 0 Å². The van der Waals surface area contributed by atoms with Crippen molar-refractivity contribution >= 4 is 28.6 Å². The van der Waals surface area contributed by atoms with Crippen molar-refractivity contribution in [2.24, 2.45) is 0 Å². The Morgan fingerprint density at radius 3 is 2.32 bits per heavy atom. The van der Waals surface area contributed by atoms with E-state index in [1.54, 1.807) is 0 Å². The lowest BCUT2D eigenvalue weighted by Crippen LogP contribution is -2.36. The molecule has 4 aromatic rings. The lowest BCUT2D eigenvalue weighted by atomic mass is 10.1. The van der Waals surface area contributed by atoms with Gasteiger partial charge in [0.05, 0.1) is 25.1 Å². The Kier molecular flexibility index (Phi) is 6.99. The van der Waals surface area contributed by atoms with Gasteiger partial charge >= 0.3 is 6.18 Å². The van der Waals surface area contributed by atoms with Crippen molar-refractivity contribution in [2.75, 3.05) is 48.4 Å². The largest absolute Gasteiger partial charge is 0.405 e. The van der Waals surface area contributed by atoms with Gasteiger partial charge < -0.3 is 20.3 Å². The van der Waals surface area contributed by atoms with Crippen LogP contribution in [0.1, 0.15) is 5.56 Å². The Hall–Kier alpha value is -4.06. The van der Waals surface area contributed by atoms with Crippen LogP contribution >= 0.6 is 0 Å². The summed E-state index contributed by atoms with van der Waals surface area (Å²) in [6, 6.07) is 13.5. The fraction of sp³-hybridized carbons (Fsp3) is 0.280. The smallest absolute Gasteiger partial charge is 0.378 e. The maximum atomic E-state index is 13.3. The molecule has 1 aliphatic rings. The zero-order chi connectivity index (χ0) is 25.8. The number of hydrogen-bond donors (Lipinski definition) is 2. The molecular formula is C25H23F4N7O. The third kappa shape index (κ3) is 6.20. The van der Waals surface area contributed by atoms with Crippen LogP contribution in [0.4, 0.5) is 35.0 Å². The Bertz CT molecular complexity index is 1360. The van der Waals surface area contributed by atoms with Crippen molar-refractivity contribution in [3.8, 4) is 11.3 Å². The number of hydrogen-bond acceptors (Lipinski definition) is 8. The molecule has 0 aliphatic carbocycles. The van der Waals surface area contributed by atoms with Crippen molar-refractivity contribution in [3.05, 3.63) is 66.1 Å². The van der Waals surface area contributed by atoms with E-state index in [2.05, 4.69) is 35.5 Å². The van der Waals surface area contributed by atoms with Crippen molar-refractivity contribution in [1.82, 2.24) is 19.9 Å². The van der Waals surface area contributed by atoms with Gasteiger partial charge in [0.25, 0.3) is 0 Å². The second kappa shape index (κ2) is 10.5. The molecule has 3 heterocycles. The first-order valence-electron chi connectivity index (χ1n) is 11.6. The van der Waals surface area contributed by atoms with E-state index in [1.165, 1.54) is 30.5 Å². The molecule has 192 valence electrons. The average Bonchev–Trinajstić information content (AvgIpc) is 2.91. The number of ether oxygens (including phenoxy) is 1. The molecule has 37 heavy (non-hydrogen) atoms. The van der Waals surface area contributed by atoms with Crippen LogP contribution in [-0.4, -0.2) is 59.0 Å². The molecule has 1 saturated heterocycles. The molecule has 0 spiro atoms.